The molecule has 0 spiro atoms. The van der Waals surface area contributed by atoms with E-state index >= 15 is 0 Å². The van der Waals surface area contributed by atoms with E-state index in [1.807, 2.05) is 63.8 Å². The Bertz CT molecular complexity index is 1030. The fourth-order valence-electron chi connectivity index (χ4n) is 3.11. The van der Waals surface area contributed by atoms with Crippen LogP contribution in [0.25, 0.3) is 17.2 Å². The smallest absolute Gasteiger partial charge is 0.249 e. The Hall–Kier alpha value is -2.67. The molecule has 1 N–H and O–H groups in total. The first-order valence-corrected chi connectivity index (χ1v) is 9.36. The van der Waals surface area contributed by atoms with Gasteiger partial charge in [0.1, 0.15) is 5.82 Å². The summed E-state index contributed by atoms with van der Waals surface area (Å²) in [5.41, 5.74) is 5.65. The van der Waals surface area contributed by atoms with Gasteiger partial charge < -0.3 is 5.32 Å². The Labute approximate surface area is 167 Å². The van der Waals surface area contributed by atoms with Crippen LogP contribution in [0.2, 0.25) is 0 Å². The van der Waals surface area contributed by atoms with Gasteiger partial charge in [0.25, 0.3) is 0 Å². The van der Waals surface area contributed by atoms with Gasteiger partial charge in [0.15, 0.2) is 0 Å². The summed E-state index contributed by atoms with van der Waals surface area (Å²) < 4.78 is 4.51. The molecule has 27 heavy (non-hydrogen) atoms. The summed E-state index contributed by atoms with van der Waals surface area (Å²) in [6.07, 6.45) is 3.33. The van der Waals surface area contributed by atoms with E-state index in [0.29, 0.717) is 5.82 Å². The molecule has 2 heterocycles. The maximum absolute atomic E-state index is 12.5. The van der Waals surface area contributed by atoms with Crippen molar-refractivity contribution in [1.29, 1.82) is 0 Å². The van der Waals surface area contributed by atoms with Crippen molar-refractivity contribution >= 4 is 33.7 Å². The van der Waals surface area contributed by atoms with Crippen LogP contribution < -0.4 is 5.32 Å². The average molecular weight is 428 g/mol. The molecule has 2 aromatic heterocycles. The third kappa shape index (κ3) is 3.88. The maximum atomic E-state index is 12.5. The Morgan fingerprint density at radius 2 is 1.67 bits per heavy atom. The molecule has 0 bridgehead atoms. The summed E-state index contributed by atoms with van der Waals surface area (Å²) in [4.78, 5) is 12.5. The highest BCUT2D eigenvalue weighted by molar-refractivity contribution is 9.10. The number of aryl methyl sites for hydroxylation is 4. The van der Waals surface area contributed by atoms with Crippen molar-refractivity contribution in [3.63, 3.8) is 0 Å². The molecule has 1 aromatic carbocycles. The SMILES string of the molecule is Cc1nn(C)c(C)c1/C=C/C(=O)Nc1c(-c2ccc(Br)cc2)c(C)nn1C. The number of amides is 1. The molecule has 1 amide bonds. The Morgan fingerprint density at radius 3 is 2.26 bits per heavy atom. The molecular formula is C20H22BrN5O. The minimum absolute atomic E-state index is 0.209. The van der Waals surface area contributed by atoms with Crippen molar-refractivity contribution in [3.8, 4) is 11.1 Å². The number of halogens is 1. The van der Waals surface area contributed by atoms with Gasteiger partial charge in [-0.2, -0.15) is 10.2 Å². The topological polar surface area (TPSA) is 64.7 Å². The summed E-state index contributed by atoms with van der Waals surface area (Å²) >= 11 is 3.45. The number of nitrogens with zero attached hydrogens (tertiary/aromatic N) is 4. The molecule has 0 atom stereocenters. The first kappa shape index (κ1) is 19.1. The maximum Gasteiger partial charge on any atom is 0.249 e. The first-order chi connectivity index (χ1) is 12.8. The summed E-state index contributed by atoms with van der Waals surface area (Å²) in [6.45, 7) is 5.85. The van der Waals surface area contributed by atoms with Gasteiger partial charge in [-0.1, -0.05) is 28.1 Å². The van der Waals surface area contributed by atoms with Crippen molar-refractivity contribution in [2.45, 2.75) is 20.8 Å². The van der Waals surface area contributed by atoms with E-state index in [-0.39, 0.29) is 5.91 Å². The lowest BCUT2D eigenvalue weighted by Crippen LogP contribution is -2.12. The molecular weight excluding hydrogens is 406 g/mol. The Kier molecular flexibility index (Phi) is 5.32. The van der Waals surface area contributed by atoms with Crippen LogP contribution in [0.4, 0.5) is 5.82 Å². The number of nitrogens with one attached hydrogen (secondary N) is 1. The highest BCUT2D eigenvalue weighted by atomic mass is 79.9. The second kappa shape index (κ2) is 7.52. The number of carbonyl (C=O) groups is 1. The van der Waals surface area contributed by atoms with E-state index in [4.69, 9.17) is 0 Å². The summed E-state index contributed by atoms with van der Waals surface area (Å²) in [7, 11) is 3.72. The van der Waals surface area contributed by atoms with Crippen molar-refractivity contribution in [2.24, 2.45) is 14.1 Å². The lowest BCUT2D eigenvalue weighted by molar-refractivity contribution is -0.111. The average Bonchev–Trinajstić information content (AvgIpc) is 3.02. The number of aromatic nitrogens is 4. The number of rotatable bonds is 4. The normalized spacial score (nSPS) is 11.3. The molecule has 0 aliphatic heterocycles. The number of hydrogen-bond donors (Lipinski definition) is 1. The van der Waals surface area contributed by atoms with Gasteiger partial charge in [0.2, 0.25) is 5.91 Å². The number of anilines is 1. The first-order valence-electron chi connectivity index (χ1n) is 8.56. The van der Waals surface area contributed by atoms with Crippen LogP contribution in [-0.4, -0.2) is 25.5 Å². The molecule has 0 aliphatic rings. The van der Waals surface area contributed by atoms with Gasteiger partial charge in [0, 0.05) is 41.5 Å². The van der Waals surface area contributed by atoms with Crippen molar-refractivity contribution in [3.05, 3.63) is 57.5 Å². The molecule has 0 radical (unpaired) electrons. The summed E-state index contributed by atoms with van der Waals surface area (Å²) in [5, 5.41) is 11.8. The second-order valence-corrected chi connectivity index (χ2v) is 7.39. The van der Waals surface area contributed by atoms with Gasteiger partial charge in [-0.15, -0.1) is 0 Å². The van der Waals surface area contributed by atoms with Gasteiger partial charge in [-0.3, -0.25) is 14.2 Å². The van der Waals surface area contributed by atoms with Crippen molar-refractivity contribution in [1.82, 2.24) is 19.6 Å². The molecule has 0 aliphatic carbocycles. The molecule has 7 heteroatoms. The predicted molar refractivity (Wildman–Crippen MR) is 111 cm³/mol. The van der Waals surface area contributed by atoms with Crippen LogP contribution >= 0.6 is 15.9 Å². The molecule has 3 rings (SSSR count). The molecule has 140 valence electrons. The van der Waals surface area contributed by atoms with Crippen LogP contribution in [0.3, 0.4) is 0 Å². The summed E-state index contributed by atoms with van der Waals surface area (Å²) in [5.74, 6) is 0.461. The zero-order valence-electron chi connectivity index (χ0n) is 16.0. The lowest BCUT2D eigenvalue weighted by atomic mass is 10.1. The van der Waals surface area contributed by atoms with E-state index in [2.05, 4.69) is 31.4 Å². The zero-order valence-corrected chi connectivity index (χ0v) is 17.6. The van der Waals surface area contributed by atoms with Gasteiger partial charge in [-0.25, -0.2) is 0 Å². The molecule has 6 nitrogen and oxygen atoms in total. The number of benzene rings is 1. The quantitative estimate of drug-likeness (QED) is 0.635. The highest BCUT2D eigenvalue weighted by Crippen LogP contribution is 2.31. The van der Waals surface area contributed by atoms with E-state index < -0.39 is 0 Å². The Balaban J connectivity index is 1.88. The van der Waals surface area contributed by atoms with Crippen LogP contribution in [0.5, 0.6) is 0 Å². The molecule has 0 saturated carbocycles. The fraction of sp³-hybridized carbons (Fsp3) is 0.250. The van der Waals surface area contributed by atoms with Crippen LogP contribution in [-0.2, 0) is 18.9 Å². The number of carbonyl (C=O) groups excluding carboxylic acids is 1. The number of hydrogen-bond acceptors (Lipinski definition) is 3. The van der Waals surface area contributed by atoms with Gasteiger partial charge in [-0.05, 0) is 44.5 Å². The fourth-order valence-corrected chi connectivity index (χ4v) is 3.38. The summed E-state index contributed by atoms with van der Waals surface area (Å²) in [6, 6.07) is 7.95. The Morgan fingerprint density at radius 1 is 1.04 bits per heavy atom. The van der Waals surface area contributed by atoms with Crippen LogP contribution in [0.15, 0.2) is 34.8 Å². The monoisotopic (exact) mass is 427 g/mol. The van der Waals surface area contributed by atoms with Crippen LogP contribution in [0, 0.1) is 20.8 Å². The van der Waals surface area contributed by atoms with E-state index in [0.717, 1.165) is 38.2 Å². The van der Waals surface area contributed by atoms with Crippen LogP contribution in [0.1, 0.15) is 22.6 Å². The standard InChI is InChI=1S/C20H22BrN5O/c1-12-17(14(3)25(4)23-12)10-11-18(27)22-20-19(13(2)24-26(20)5)15-6-8-16(21)9-7-15/h6-11H,1-5H3,(H,22,27)/b11-10+. The highest BCUT2D eigenvalue weighted by Gasteiger charge is 2.16. The van der Waals surface area contributed by atoms with E-state index in [1.165, 1.54) is 6.08 Å². The largest absolute Gasteiger partial charge is 0.307 e. The minimum Gasteiger partial charge on any atom is -0.307 e. The second-order valence-electron chi connectivity index (χ2n) is 6.47. The molecule has 3 aromatic rings. The third-order valence-corrected chi connectivity index (χ3v) is 5.09. The lowest BCUT2D eigenvalue weighted by Gasteiger charge is -2.08. The van der Waals surface area contributed by atoms with Gasteiger partial charge in [0.05, 0.1) is 11.4 Å². The molecule has 0 saturated heterocycles. The minimum atomic E-state index is -0.209. The molecule has 0 unspecified atom stereocenters. The van der Waals surface area contributed by atoms with Gasteiger partial charge >= 0.3 is 0 Å². The molecule has 0 fully saturated rings. The van der Waals surface area contributed by atoms with E-state index in [1.54, 1.807) is 10.8 Å². The van der Waals surface area contributed by atoms with Crippen molar-refractivity contribution < 1.29 is 4.79 Å². The van der Waals surface area contributed by atoms with Crippen molar-refractivity contribution in [2.75, 3.05) is 5.32 Å². The van der Waals surface area contributed by atoms with E-state index in [9.17, 15) is 4.79 Å². The third-order valence-electron chi connectivity index (χ3n) is 4.56. The predicted octanol–water partition coefficient (Wildman–Crippen LogP) is 4.16. The zero-order chi connectivity index (χ0) is 19.7.